The number of hydrogen-bond donors (Lipinski definition) is 1. The Labute approximate surface area is 186 Å². The number of halogens is 1. The van der Waals surface area contributed by atoms with Crippen molar-refractivity contribution in [2.24, 2.45) is 0 Å². The van der Waals surface area contributed by atoms with Crippen molar-refractivity contribution in [1.82, 2.24) is 9.21 Å². The number of sulfonamides is 1. The summed E-state index contributed by atoms with van der Waals surface area (Å²) in [5.41, 5.74) is 0.700. The summed E-state index contributed by atoms with van der Waals surface area (Å²) < 4.78 is 33.3. The maximum atomic E-state index is 12.9. The molecule has 1 heterocycles. The van der Waals surface area contributed by atoms with Crippen molar-refractivity contribution in [3.05, 3.63) is 53.0 Å². The third-order valence-electron chi connectivity index (χ3n) is 5.07. The normalized spacial score (nSPS) is 16.8. The maximum Gasteiger partial charge on any atom is 0.243 e. The van der Waals surface area contributed by atoms with E-state index in [1.807, 2.05) is 30.9 Å². The third-order valence-corrected chi connectivity index (χ3v) is 7.46. The Morgan fingerprint density at radius 2 is 1.80 bits per heavy atom. The summed E-state index contributed by atoms with van der Waals surface area (Å²) in [6.45, 7) is 6.01. The van der Waals surface area contributed by atoms with Gasteiger partial charge in [-0.25, -0.2) is 8.42 Å². The van der Waals surface area contributed by atoms with Crippen LogP contribution in [-0.4, -0.2) is 62.4 Å². The average Bonchev–Trinajstić information content (AvgIpc) is 2.75. The van der Waals surface area contributed by atoms with Gasteiger partial charge in [-0.05, 0) is 56.3 Å². The molecule has 2 aromatic rings. The first-order valence-electron chi connectivity index (χ1n) is 9.84. The van der Waals surface area contributed by atoms with Crippen LogP contribution in [0, 0.1) is 0 Å². The number of anilines is 1. The second-order valence-electron chi connectivity index (χ2n) is 7.02. The second kappa shape index (κ2) is 9.91. The first-order chi connectivity index (χ1) is 14.3. The summed E-state index contributed by atoms with van der Waals surface area (Å²) in [5, 5.41) is 2.91. The monoisotopic (exact) mass is 495 g/mol. The van der Waals surface area contributed by atoms with Crippen molar-refractivity contribution in [2.75, 3.05) is 38.1 Å². The highest BCUT2D eigenvalue weighted by molar-refractivity contribution is 9.10. The number of hydrogen-bond acceptors (Lipinski definition) is 5. The standard InChI is InChI=1S/C21H26BrN3O4S/c1-3-29-19-9-7-18(8-10-19)23-21(26)16(2)24-11-13-25(14-12-24)30(27,28)20-6-4-5-17(22)15-20/h4-10,15-16H,3,11-14H2,1-2H3,(H,23,26). The number of rotatable bonds is 7. The predicted octanol–water partition coefficient (Wildman–Crippen LogP) is 3.18. The molecule has 3 rings (SSSR count). The van der Waals surface area contributed by atoms with Gasteiger partial charge >= 0.3 is 0 Å². The fraction of sp³-hybridized carbons (Fsp3) is 0.381. The highest BCUT2D eigenvalue weighted by Gasteiger charge is 2.31. The zero-order valence-electron chi connectivity index (χ0n) is 17.0. The van der Waals surface area contributed by atoms with E-state index in [2.05, 4.69) is 21.2 Å². The van der Waals surface area contributed by atoms with Crippen molar-refractivity contribution in [3.8, 4) is 5.75 Å². The molecule has 1 atom stereocenters. The molecule has 0 saturated carbocycles. The van der Waals surface area contributed by atoms with Gasteiger partial charge in [-0.2, -0.15) is 4.31 Å². The summed E-state index contributed by atoms with van der Waals surface area (Å²) in [6.07, 6.45) is 0. The molecule has 162 valence electrons. The third kappa shape index (κ3) is 5.40. The van der Waals surface area contributed by atoms with Crippen LogP contribution in [0.4, 0.5) is 5.69 Å². The molecule has 1 aliphatic heterocycles. The van der Waals surface area contributed by atoms with Gasteiger partial charge in [0.25, 0.3) is 0 Å². The van der Waals surface area contributed by atoms with Gasteiger partial charge in [0, 0.05) is 36.3 Å². The number of piperazine rings is 1. The zero-order chi connectivity index (χ0) is 21.7. The summed E-state index contributed by atoms with van der Waals surface area (Å²) >= 11 is 3.32. The topological polar surface area (TPSA) is 79.0 Å². The Morgan fingerprint density at radius 3 is 2.40 bits per heavy atom. The number of amides is 1. The predicted molar refractivity (Wildman–Crippen MR) is 120 cm³/mol. The maximum absolute atomic E-state index is 12.9. The minimum Gasteiger partial charge on any atom is -0.494 e. The summed E-state index contributed by atoms with van der Waals surface area (Å²) in [5.74, 6) is 0.633. The molecular formula is C21H26BrN3O4S. The zero-order valence-corrected chi connectivity index (χ0v) is 19.4. The molecule has 1 fully saturated rings. The van der Waals surface area contributed by atoms with Gasteiger partial charge < -0.3 is 10.1 Å². The van der Waals surface area contributed by atoms with Crippen molar-refractivity contribution in [3.63, 3.8) is 0 Å². The Hall–Kier alpha value is -1.94. The smallest absolute Gasteiger partial charge is 0.243 e. The molecule has 0 radical (unpaired) electrons. The van der Waals surface area contributed by atoms with Gasteiger partial charge in [0.2, 0.25) is 15.9 Å². The van der Waals surface area contributed by atoms with Gasteiger partial charge in [-0.15, -0.1) is 0 Å². The van der Waals surface area contributed by atoms with E-state index in [-0.39, 0.29) is 16.8 Å². The number of carbonyl (C=O) groups excluding carboxylic acids is 1. The lowest BCUT2D eigenvalue weighted by atomic mass is 10.2. The Bertz CT molecular complexity index is 974. The van der Waals surface area contributed by atoms with Crippen LogP contribution in [0.1, 0.15) is 13.8 Å². The molecule has 1 unspecified atom stereocenters. The Morgan fingerprint density at radius 1 is 1.13 bits per heavy atom. The number of ether oxygens (including phenoxy) is 1. The van der Waals surface area contributed by atoms with Gasteiger partial charge in [-0.3, -0.25) is 9.69 Å². The van der Waals surface area contributed by atoms with Crippen molar-refractivity contribution < 1.29 is 17.9 Å². The van der Waals surface area contributed by atoms with E-state index in [1.54, 1.807) is 36.4 Å². The van der Waals surface area contributed by atoms with Crippen molar-refractivity contribution >= 4 is 37.5 Å². The van der Waals surface area contributed by atoms with E-state index in [9.17, 15) is 13.2 Å². The SMILES string of the molecule is CCOc1ccc(NC(=O)C(C)N2CCN(S(=O)(=O)c3cccc(Br)c3)CC2)cc1. The summed E-state index contributed by atoms with van der Waals surface area (Å²) in [4.78, 5) is 14.9. The minimum atomic E-state index is -3.55. The van der Waals surface area contributed by atoms with Crippen LogP contribution in [0.3, 0.4) is 0 Å². The first kappa shape index (κ1) is 22.7. The van der Waals surface area contributed by atoms with Gasteiger partial charge in [0.1, 0.15) is 5.75 Å². The fourth-order valence-electron chi connectivity index (χ4n) is 3.32. The Balaban J connectivity index is 1.56. The molecule has 0 aliphatic carbocycles. The molecule has 1 aliphatic rings. The number of nitrogens with one attached hydrogen (secondary N) is 1. The lowest BCUT2D eigenvalue weighted by molar-refractivity contribution is -0.121. The van der Waals surface area contributed by atoms with Gasteiger partial charge in [0.15, 0.2) is 0 Å². The molecule has 0 bridgehead atoms. The lowest BCUT2D eigenvalue weighted by Gasteiger charge is -2.36. The van der Waals surface area contributed by atoms with E-state index in [0.29, 0.717) is 38.5 Å². The number of carbonyl (C=O) groups is 1. The number of benzene rings is 2. The highest BCUT2D eigenvalue weighted by Crippen LogP contribution is 2.22. The molecule has 2 aromatic carbocycles. The van der Waals surface area contributed by atoms with E-state index >= 15 is 0 Å². The molecule has 7 nitrogen and oxygen atoms in total. The van der Waals surface area contributed by atoms with Gasteiger partial charge in [-0.1, -0.05) is 22.0 Å². The van der Waals surface area contributed by atoms with Crippen LogP contribution < -0.4 is 10.1 Å². The van der Waals surface area contributed by atoms with Gasteiger partial charge in [0.05, 0.1) is 17.5 Å². The minimum absolute atomic E-state index is 0.123. The summed E-state index contributed by atoms with van der Waals surface area (Å²) in [6, 6.07) is 13.6. The average molecular weight is 496 g/mol. The largest absolute Gasteiger partial charge is 0.494 e. The summed E-state index contributed by atoms with van der Waals surface area (Å²) in [7, 11) is -3.55. The molecule has 0 aromatic heterocycles. The van der Waals surface area contributed by atoms with Crippen molar-refractivity contribution in [1.29, 1.82) is 0 Å². The molecule has 1 saturated heterocycles. The second-order valence-corrected chi connectivity index (χ2v) is 9.87. The van der Waals surface area contributed by atoms with Crippen LogP contribution in [-0.2, 0) is 14.8 Å². The van der Waals surface area contributed by atoms with Crippen molar-refractivity contribution in [2.45, 2.75) is 24.8 Å². The van der Waals surface area contributed by atoms with Crippen LogP contribution in [0.15, 0.2) is 57.9 Å². The lowest BCUT2D eigenvalue weighted by Crippen LogP contribution is -2.53. The molecule has 30 heavy (non-hydrogen) atoms. The molecule has 9 heteroatoms. The first-order valence-corrected chi connectivity index (χ1v) is 12.1. The Kier molecular flexibility index (Phi) is 7.51. The van der Waals surface area contributed by atoms with Crippen LogP contribution in [0.25, 0.3) is 0 Å². The van der Waals surface area contributed by atoms with Crippen LogP contribution >= 0.6 is 15.9 Å². The highest BCUT2D eigenvalue weighted by atomic mass is 79.9. The van der Waals surface area contributed by atoms with Crippen LogP contribution in [0.5, 0.6) is 5.75 Å². The van der Waals surface area contributed by atoms with E-state index < -0.39 is 10.0 Å². The molecule has 1 amide bonds. The molecular weight excluding hydrogens is 470 g/mol. The van der Waals surface area contributed by atoms with E-state index in [4.69, 9.17) is 4.74 Å². The quantitative estimate of drug-likeness (QED) is 0.637. The van der Waals surface area contributed by atoms with E-state index in [0.717, 1.165) is 10.2 Å². The fourth-order valence-corrected chi connectivity index (χ4v) is 5.34. The molecule has 0 spiro atoms. The number of nitrogens with zero attached hydrogens (tertiary/aromatic N) is 2. The van der Waals surface area contributed by atoms with E-state index in [1.165, 1.54) is 4.31 Å². The molecule has 1 N–H and O–H groups in total. The van der Waals surface area contributed by atoms with Crippen LogP contribution in [0.2, 0.25) is 0 Å².